The van der Waals surface area contributed by atoms with Crippen molar-refractivity contribution in [1.82, 2.24) is 9.97 Å². The fraction of sp³-hybridized carbons (Fsp3) is 0.0833. The van der Waals surface area contributed by atoms with Crippen LogP contribution in [0.1, 0.15) is 11.4 Å². The molecule has 5 nitrogen and oxygen atoms in total. The summed E-state index contributed by atoms with van der Waals surface area (Å²) >= 11 is 5.76. The van der Waals surface area contributed by atoms with E-state index in [1.54, 1.807) is 24.3 Å². The lowest BCUT2D eigenvalue weighted by Gasteiger charge is -2.05. The minimum Gasteiger partial charge on any atom is -0.486 e. The van der Waals surface area contributed by atoms with Crippen LogP contribution in [0, 0.1) is 11.3 Å². The molecule has 0 bridgehead atoms. The summed E-state index contributed by atoms with van der Waals surface area (Å²) in [7, 11) is 0. The second-order valence-electron chi connectivity index (χ2n) is 3.44. The first kappa shape index (κ1) is 12.1. The Morgan fingerprint density at radius 3 is 2.67 bits per heavy atom. The molecule has 0 unspecified atom stereocenters. The zero-order chi connectivity index (χ0) is 13.0. The van der Waals surface area contributed by atoms with Gasteiger partial charge in [0.05, 0.1) is 6.20 Å². The van der Waals surface area contributed by atoms with Crippen molar-refractivity contribution in [1.29, 1.82) is 5.26 Å². The molecule has 0 amide bonds. The predicted octanol–water partition coefficient (Wildman–Crippen LogP) is 2.16. The zero-order valence-electron chi connectivity index (χ0n) is 9.30. The molecule has 0 radical (unpaired) electrons. The van der Waals surface area contributed by atoms with Gasteiger partial charge in [0.2, 0.25) is 0 Å². The second-order valence-corrected chi connectivity index (χ2v) is 3.88. The molecule has 90 valence electrons. The van der Waals surface area contributed by atoms with Crippen molar-refractivity contribution in [2.75, 3.05) is 5.73 Å². The number of ether oxygens (including phenoxy) is 1. The minimum atomic E-state index is 0.155. The van der Waals surface area contributed by atoms with Gasteiger partial charge in [-0.05, 0) is 24.3 Å². The molecule has 1 aromatic carbocycles. The zero-order valence-corrected chi connectivity index (χ0v) is 10.1. The van der Waals surface area contributed by atoms with Crippen LogP contribution in [0.15, 0.2) is 30.5 Å². The van der Waals surface area contributed by atoms with Gasteiger partial charge in [0, 0.05) is 5.02 Å². The highest BCUT2D eigenvalue weighted by atomic mass is 35.5. The quantitative estimate of drug-likeness (QED) is 0.914. The maximum absolute atomic E-state index is 8.69. The summed E-state index contributed by atoms with van der Waals surface area (Å²) in [6, 6.07) is 8.84. The average Bonchev–Trinajstić information content (AvgIpc) is 2.38. The smallest absolute Gasteiger partial charge is 0.168 e. The molecule has 6 heteroatoms. The number of hydrogen-bond donors (Lipinski definition) is 1. The van der Waals surface area contributed by atoms with Crippen molar-refractivity contribution < 1.29 is 4.74 Å². The van der Waals surface area contributed by atoms with Gasteiger partial charge in [0.15, 0.2) is 5.82 Å². The normalized spacial score (nSPS) is 9.78. The van der Waals surface area contributed by atoms with E-state index >= 15 is 0 Å². The lowest BCUT2D eigenvalue weighted by molar-refractivity contribution is 0.296. The van der Waals surface area contributed by atoms with Crippen LogP contribution in [0.25, 0.3) is 0 Å². The van der Waals surface area contributed by atoms with Crippen LogP contribution in [0.3, 0.4) is 0 Å². The third-order valence-electron chi connectivity index (χ3n) is 2.17. The Morgan fingerprint density at radius 1 is 1.33 bits per heavy atom. The number of rotatable bonds is 3. The summed E-state index contributed by atoms with van der Waals surface area (Å²) in [6.45, 7) is 0.178. The molecule has 1 heterocycles. The first-order valence-corrected chi connectivity index (χ1v) is 5.46. The fourth-order valence-corrected chi connectivity index (χ4v) is 1.39. The monoisotopic (exact) mass is 260 g/mol. The molecular weight excluding hydrogens is 252 g/mol. The Kier molecular flexibility index (Phi) is 3.60. The minimum absolute atomic E-state index is 0.155. The maximum atomic E-state index is 8.69. The average molecular weight is 261 g/mol. The Morgan fingerprint density at radius 2 is 2.06 bits per heavy atom. The van der Waals surface area contributed by atoms with Gasteiger partial charge in [-0.15, -0.1) is 0 Å². The summed E-state index contributed by atoms with van der Waals surface area (Å²) < 4.78 is 5.45. The Labute approximate surface area is 109 Å². The van der Waals surface area contributed by atoms with E-state index in [9.17, 15) is 0 Å². The Hall–Kier alpha value is -2.32. The van der Waals surface area contributed by atoms with E-state index in [-0.39, 0.29) is 18.0 Å². The number of nitrogens with two attached hydrogens (primary N) is 1. The maximum Gasteiger partial charge on any atom is 0.168 e. The first-order valence-electron chi connectivity index (χ1n) is 5.09. The first-order chi connectivity index (χ1) is 8.69. The van der Waals surface area contributed by atoms with Crippen LogP contribution in [-0.2, 0) is 6.61 Å². The summed E-state index contributed by atoms with van der Waals surface area (Å²) in [5.74, 6) is 1.23. The van der Waals surface area contributed by atoms with Gasteiger partial charge >= 0.3 is 0 Å². The molecule has 2 aromatic rings. The Bertz CT molecular complexity index is 592. The molecule has 2 N–H and O–H groups in total. The highest BCUT2D eigenvalue weighted by molar-refractivity contribution is 6.30. The third-order valence-corrected chi connectivity index (χ3v) is 2.42. The van der Waals surface area contributed by atoms with Gasteiger partial charge in [-0.1, -0.05) is 11.6 Å². The van der Waals surface area contributed by atoms with Gasteiger partial charge < -0.3 is 10.5 Å². The van der Waals surface area contributed by atoms with E-state index in [0.29, 0.717) is 16.6 Å². The molecule has 0 saturated heterocycles. The summed E-state index contributed by atoms with van der Waals surface area (Å²) in [4.78, 5) is 7.95. The summed E-state index contributed by atoms with van der Waals surface area (Å²) in [5.41, 5.74) is 5.83. The van der Waals surface area contributed by atoms with E-state index in [4.69, 9.17) is 27.3 Å². The second kappa shape index (κ2) is 5.34. The molecule has 0 atom stereocenters. The largest absolute Gasteiger partial charge is 0.486 e. The number of hydrogen-bond acceptors (Lipinski definition) is 5. The van der Waals surface area contributed by atoms with Crippen LogP contribution in [0.5, 0.6) is 5.75 Å². The molecule has 0 spiro atoms. The molecule has 1 aromatic heterocycles. The van der Waals surface area contributed by atoms with Crippen LogP contribution in [0.4, 0.5) is 5.82 Å². The van der Waals surface area contributed by atoms with Crippen LogP contribution >= 0.6 is 11.6 Å². The van der Waals surface area contributed by atoms with Crippen LogP contribution in [-0.4, -0.2) is 9.97 Å². The van der Waals surface area contributed by atoms with E-state index in [0.717, 1.165) is 0 Å². The molecule has 0 fully saturated rings. The third kappa shape index (κ3) is 2.87. The molecule has 2 rings (SSSR count). The van der Waals surface area contributed by atoms with Crippen LogP contribution < -0.4 is 10.5 Å². The van der Waals surface area contributed by atoms with E-state index < -0.39 is 0 Å². The number of nitrogen functional groups attached to an aromatic ring is 1. The van der Waals surface area contributed by atoms with E-state index in [1.165, 1.54) is 6.20 Å². The van der Waals surface area contributed by atoms with Crippen molar-refractivity contribution in [3.8, 4) is 11.8 Å². The number of nitriles is 1. The predicted molar refractivity (Wildman–Crippen MR) is 66.9 cm³/mol. The van der Waals surface area contributed by atoms with Crippen molar-refractivity contribution >= 4 is 17.4 Å². The van der Waals surface area contributed by atoms with Crippen molar-refractivity contribution in [2.24, 2.45) is 0 Å². The van der Waals surface area contributed by atoms with Gasteiger partial charge in [0.1, 0.15) is 29.8 Å². The SMILES string of the molecule is N#Cc1cnc(COc2ccc(Cl)cc2)nc1N. The lowest BCUT2D eigenvalue weighted by Crippen LogP contribution is -2.05. The van der Waals surface area contributed by atoms with Crippen molar-refractivity contribution in [2.45, 2.75) is 6.61 Å². The van der Waals surface area contributed by atoms with Crippen molar-refractivity contribution in [3.63, 3.8) is 0 Å². The highest BCUT2D eigenvalue weighted by Gasteiger charge is 2.04. The number of halogens is 1. The molecular formula is C12H9ClN4O. The lowest BCUT2D eigenvalue weighted by atomic mass is 10.3. The Balaban J connectivity index is 2.04. The van der Waals surface area contributed by atoms with Crippen LogP contribution in [0.2, 0.25) is 5.02 Å². The number of benzene rings is 1. The number of aromatic nitrogens is 2. The van der Waals surface area contributed by atoms with Gasteiger partial charge in [-0.2, -0.15) is 5.26 Å². The standard InChI is InChI=1S/C12H9ClN4O/c13-9-1-3-10(4-2-9)18-7-11-16-6-8(5-14)12(15)17-11/h1-4,6H,7H2,(H2,15,16,17). The molecule has 0 aliphatic heterocycles. The topological polar surface area (TPSA) is 84.8 Å². The summed E-state index contributed by atoms with van der Waals surface area (Å²) in [5, 5.41) is 9.33. The van der Waals surface area contributed by atoms with Gasteiger partial charge in [-0.25, -0.2) is 9.97 Å². The molecule has 18 heavy (non-hydrogen) atoms. The van der Waals surface area contributed by atoms with Gasteiger partial charge in [0.25, 0.3) is 0 Å². The van der Waals surface area contributed by atoms with E-state index in [2.05, 4.69) is 9.97 Å². The molecule has 0 aliphatic rings. The molecule has 0 aliphatic carbocycles. The summed E-state index contributed by atoms with van der Waals surface area (Å²) in [6.07, 6.45) is 1.38. The number of anilines is 1. The number of nitrogens with zero attached hydrogens (tertiary/aromatic N) is 3. The van der Waals surface area contributed by atoms with Gasteiger partial charge in [-0.3, -0.25) is 0 Å². The highest BCUT2D eigenvalue weighted by Crippen LogP contribution is 2.16. The molecule has 0 saturated carbocycles. The fourth-order valence-electron chi connectivity index (χ4n) is 1.27. The van der Waals surface area contributed by atoms with Crippen molar-refractivity contribution in [3.05, 3.63) is 46.9 Å². The van der Waals surface area contributed by atoms with E-state index in [1.807, 2.05) is 6.07 Å².